The van der Waals surface area contributed by atoms with E-state index < -0.39 is 0 Å². The fraction of sp³-hybridized carbons (Fsp3) is 0.625. The minimum absolute atomic E-state index is 0.631. The Labute approximate surface area is 72.3 Å². The van der Waals surface area contributed by atoms with Crippen molar-refractivity contribution in [1.29, 1.82) is 0 Å². The van der Waals surface area contributed by atoms with Crippen LogP contribution in [0.5, 0.6) is 5.88 Å². The predicted molar refractivity (Wildman–Crippen MR) is 47.2 cm³/mol. The molecule has 2 N–H and O–H groups in total. The summed E-state index contributed by atoms with van der Waals surface area (Å²) in [6.07, 6.45) is 2.64. The first-order chi connectivity index (χ1) is 5.83. The number of nitrogens with zero attached hydrogens (tertiary/aromatic N) is 2. The van der Waals surface area contributed by atoms with E-state index in [1.807, 2.05) is 17.8 Å². The highest BCUT2D eigenvalue weighted by Gasteiger charge is 2.08. The monoisotopic (exact) mass is 169 g/mol. The summed E-state index contributed by atoms with van der Waals surface area (Å²) in [6, 6.07) is 0. The molecular formula is C8H15N3O. The molecule has 0 amide bonds. The minimum Gasteiger partial charge on any atom is -0.481 e. The van der Waals surface area contributed by atoms with Gasteiger partial charge in [0.1, 0.15) is 0 Å². The second kappa shape index (κ2) is 4.11. The Bertz CT molecular complexity index is 244. The molecule has 0 fully saturated rings. The van der Waals surface area contributed by atoms with Crippen LogP contribution < -0.4 is 10.5 Å². The van der Waals surface area contributed by atoms with Gasteiger partial charge in [-0.3, -0.25) is 0 Å². The topological polar surface area (TPSA) is 53.1 Å². The van der Waals surface area contributed by atoms with Crippen LogP contribution in [0.15, 0.2) is 6.20 Å². The largest absolute Gasteiger partial charge is 0.481 e. The molecule has 4 nitrogen and oxygen atoms in total. The van der Waals surface area contributed by atoms with Crippen molar-refractivity contribution in [3.8, 4) is 5.88 Å². The third-order valence-electron chi connectivity index (χ3n) is 1.77. The van der Waals surface area contributed by atoms with E-state index in [1.54, 1.807) is 7.11 Å². The molecule has 0 spiro atoms. The minimum atomic E-state index is 0.631. The highest BCUT2D eigenvalue weighted by Crippen LogP contribution is 2.17. The van der Waals surface area contributed by atoms with Gasteiger partial charge in [-0.05, 0) is 19.9 Å². The van der Waals surface area contributed by atoms with Gasteiger partial charge >= 0.3 is 0 Å². The third-order valence-corrected chi connectivity index (χ3v) is 1.77. The van der Waals surface area contributed by atoms with Crippen molar-refractivity contribution >= 4 is 0 Å². The van der Waals surface area contributed by atoms with Crippen molar-refractivity contribution in [1.82, 2.24) is 9.78 Å². The van der Waals surface area contributed by atoms with Gasteiger partial charge in [-0.15, -0.1) is 0 Å². The van der Waals surface area contributed by atoms with E-state index >= 15 is 0 Å². The van der Waals surface area contributed by atoms with Crippen molar-refractivity contribution in [2.24, 2.45) is 5.73 Å². The van der Waals surface area contributed by atoms with Gasteiger partial charge < -0.3 is 10.5 Å². The van der Waals surface area contributed by atoms with E-state index in [0.29, 0.717) is 6.54 Å². The number of hydrogen-bond acceptors (Lipinski definition) is 3. The van der Waals surface area contributed by atoms with Gasteiger partial charge in [-0.25, -0.2) is 4.68 Å². The van der Waals surface area contributed by atoms with Gasteiger partial charge in [0.25, 0.3) is 0 Å². The Kier molecular flexibility index (Phi) is 3.10. The molecule has 0 aliphatic heterocycles. The zero-order valence-corrected chi connectivity index (χ0v) is 7.58. The molecule has 12 heavy (non-hydrogen) atoms. The Balaban J connectivity index is 2.88. The van der Waals surface area contributed by atoms with Crippen molar-refractivity contribution in [2.45, 2.75) is 19.9 Å². The van der Waals surface area contributed by atoms with Crippen LogP contribution in [-0.2, 0) is 13.0 Å². The number of ether oxygens (including phenoxy) is 1. The number of nitrogens with two attached hydrogens (primary N) is 1. The van der Waals surface area contributed by atoms with Crippen LogP contribution in [0.4, 0.5) is 0 Å². The molecular weight excluding hydrogens is 154 g/mol. The molecule has 0 saturated carbocycles. The summed E-state index contributed by atoms with van der Waals surface area (Å²) < 4.78 is 7.03. The van der Waals surface area contributed by atoms with E-state index in [2.05, 4.69) is 5.10 Å². The predicted octanol–water partition coefficient (Wildman–Crippen LogP) is 0.413. The van der Waals surface area contributed by atoms with Gasteiger partial charge in [-0.1, -0.05) is 0 Å². The third kappa shape index (κ3) is 1.58. The van der Waals surface area contributed by atoms with E-state index in [-0.39, 0.29) is 0 Å². The molecule has 1 aromatic heterocycles. The summed E-state index contributed by atoms with van der Waals surface area (Å²) in [6.45, 7) is 3.49. The number of aryl methyl sites for hydroxylation is 1. The summed E-state index contributed by atoms with van der Waals surface area (Å²) in [5.41, 5.74) is 6.53. The van der Waals surface area contributed by atoms with Crippen LogP contribution in [0.2, 0.25) is 0 Å². The average Bonchev–Trinajstić information content (AvgIpc) is 2.47. The zero-order valence-electron chi connectivity index (χ0n) is 7.58. The molecule has 68 valence electrons. The molecule has 0 atom stereocenters. The van der Waals surface area contributed by atoms with Crippen LogP contribution in [0.1, 0.15) is 12.5 Å². The lowest BCUT2D eigenvalue weighted by atomic mass is 10.2. The lowest BCUT2D eigenvalue weighted by Gasteiger charge is -2.04. The summed E-state index contributed by atoms with van der Waals surface area (Å²) in [5.74, 6) is 0.836. The summed E-state index contributed by atoms with van der Waals surface area (Å²) in [7, 11) is 1.66. The fourth-order valence-corrected chi connectivity index (χ4v) is 1.20. The quantitative estimate of drug-likeness (QED) is 0.710. The van der Waals surface area contributed by atoms with Crippen molar-refractivity contribution in [3.63, 3.8) is 0 Å². The Morgan fingerprint density at radius 2 is 2.42 bits per heavy atom. The maximum absolute atomic E-state index is 5.44. The number of aromatic nitrogens is 2. The van der Waals surface area contributed by atoms with Crippen molar-refractivity contribution in [3.05, 3.63) is 11.8 Å². The lowest BCUT2D eigenvalue weighted by molar-refractivity contribution is 0.360. The Morgan fingerprint density at radius 3 is 2.92 bits per heavy atom. The van der Waals surface area contributed by atoms with Crippen LogP contribution in [0, 0.1) is 0 Å². The molecule has 1 heterocycles. The summed E-state index contributed by atoms with van der Waals surface area (Å²) in [5, 5.41) is 4.16. The van der Waals surface area contributed by atoms with Gasteiger partial charge in [0.05, 0.1) is 13.3 Å². The second-order valence-corrected chi connectivity index (χ2v) is 2.53. The Morgan fingerprint density at radius 1 is 1.67 bits per heavy atom. The highest BCUT2D eigenvalue weighted by atomic mass is 16.5. The van der Waals surface area contributed by atoms with E-state index in [1.165, 1.54) is 0 Å². The average molecular weight is 169 g/mol. The fourth-order valence-electron chi connectivity index (χ4n) is 1.20. The first-order valence-corrected chi connectivity index (χ1v) is 4.12. The van der Waals surface area contributed by atoms with Gasteiger partial charge in [-0.2, -0.15) is 5.10 Å². The molecule has 0 bridgehead atoms. The number of hydrogen-bond donors (Lipinski definition) is 1. The maximum atomic E-state index is 5.44. The number of rotatable bonds is 4. The van der Waals surface area contributed by atoms with Crippen molar-refractivity contribution < 1.29 is 4.74 Å². The normalized spacial score (nSPS) is 10.2. The SMILES string of the molecule is CCn1ncc(CCN)c1OC. The molecule has 0 unspecified atom stereocenters. The maximum Gasteiger partial charge on any atom is 0.214 e. The van der Waals surface area contributed by atoms with Crippen LogP contribution in [0.25, 0.3) is 0 Å². The van der Waals surface area contributed by atoms with Crippen LogP contribution >= 0.6 is 0 Å². The van der Waals surface area contributed by atoms with E-state index in [4.69, 9.17) is 10.5 Å². The lowest BCUT2D eigenvalue weighted by Crippen LogP contribution is -2.05. The molecule has 0 aromatic carbocycles. The zero-order chi connectivity index (χ0) is 8.97. The summed E-state index contributed by atoms with van der Waals surface area (Å²) >= 11 is 0. The highest BCUT2D eigenvalue weighted by molar-refractivity contribution is 5.24. The first-order valence-electron chi connectivity index (χ1n) is 4.12. The van der Waals surface area contributed by atoms with Gasteiger partial charge in [0.2, 0.25) is 5.88 Å². The smallest absolute Gasteiger partial charge is 0.214 e. The molecule has 0 aliphatic rings. The van der Waals surface area contributed by atoms with Crippen LogP contribution in [-0.4, -0.2) is 23.4 Å². The first kappa shape index (κ1) is 9.06. The molecule has 1 rings (SSSR count). The standard InChI is InChI=1S/C8H15N3O/c1-3-11-8(12-2)7(4-5-9)6-10-11/h6H,3-5,9H2,1-2H3. The number of methoxy groups -OCH3 is 1. The van der Waals surface area contributed by atoms with E-state index in [9.17, 15) is 0 Å². The molecule has 0 saturated heterocycles. The van der Waals surface area contributed by atoms with Gasteiger partial charge in [0, 0.05) is 12.1 Å². The molecule has 4 heteroatoms. The molecule has 1 aromatic rings. The van der Waals surface area contributed by atoms with Crippen molar-refractivity contribution in [2.75, 3.05) is 13.7 Å². The van der Waals surface area contributed by atoms with Crippen LogP contribution in [0.3, 0.4) is 0 Å². The molecule has 0 aliphatic carbocycles. The van der Waals surface area contributed by atoms with E-state index in [0.717, 1.165) is 24.4 Å². The Hall–Kier alpha value is -1.03. The molecule has 0 radical (unpaired) electrons. The second-order valence-electron chi connectivity index (χ2n) is 2.53. The van der Waals surface area contributed by atoms with Gasteiger partial charge in [0.15, 0.2) is 0 Å². The summed E-state index contributed by atoms with van der Waals surface area (Å²) in [4.78, 5) is 0.